The van der Waals surface area contributed by atoms with Gasteiger partial charge in [0.15, 0.2) is 0 Å². The molecule has 0 heterocycles. The third kappa shape index (κ3) is 6.83. The molecule has 0 aliphatic carbocycles. The van der Waals surface area contributed by atoms with Crippen LogP contribution in [0.25, 0.3) is 0 Å². The molecule has 0 amide bonds. The zero-order valence-electron chi connectivity index (χ0n) is 4.50. The fraction of sp³-hybridized carbons (Fsp3) is 0.500. The topological polar surface area (TPSA) is 0 Å². The van der Waals surface area contributed by atoms with E-state index in [1.54, 1.807) is 5.70 Å². The molecule has 0 fully saturated rings. The van der Waals surface area contributed by atoms with Gasteiger partial charge < -0.3 is 0 Å². The van der Waals surface area contributed by atoms with E-state index in [1.165, 1.54) is 0 Å². The van der Waals surface area contributed by atoms with Gasteiger partial charge in [-0.25, -0.2) is 0 Å². The van der Waals surface area contributed by atoms with Crippen molar-refractivity contribution in [1.29, 1.82) is 0 Å². The fourth-order valence-electron chi connectivity index (χ4n) is 0.251. The molecule has 0 aromatic carbocycles. The summed E-state index contributed by atoms with van der Waals surface area (Å²) in [6.45, 7) is 2.00. The van der Waals surface area contributed by atoms with Gasteiger partial charge in [-0.15, -0.1) is 33.2 Å². The highest BCUT2D eigenvalue weighted by Crippen LogP contribution is 2.20. The first-order valence-corrected chi connectivity index (χ1v) is 7.42. The third-order valence-electron chi connectivity index (χ3n) is 0.543. The zero-order chi connectivity index (χ0) is 6.62. The standard InChI is InChI=1S/C4H7Cl3Si/c1-2-3-4-8(5,6)7/h3-4H,2H2,1H3/b4-3+. The lowest BCUT2D eigenvalue weighted by atomic mass is 10.5. The van der Waals surface area contributed by atoms with Crippen LogP contribution in [-0.4, -0.2) is 6.00 Å². The lowest BCUT2D eigenvalue weighted by Gasteiger charge is -1.95. The first-order valence-electron chi connectivity index (χ1n) is 2.30. The van der Waals surface area contributed by atoms with Crippen molar-refractivity contribution in [3.05, 3.63) is 11.8 Å². The number of hydrogen-bond donors (Lipinski definition) is 0. The largest absolute Gasteiger partial charge is 0.365 e. The van der Waals surface area contributed by atoms with E-state index in [0.717, 1.165) is 6.42 Å². The van der Waals surface area contributed by atoms with Crippen LogP contribution in [0.15, 0.2) is 11.8 Å². The highest BCUT2D eigenvalue weighted by atomic mass is 35.8. The van der Waals surface area contributed by atoms with Gasteiger partial charge in [0.05, 0.1) is 0 Å². The van der Waals surface area contributed by atoms with Crippen molar-refractivity contribution < 1.29 is 0 Å². The summed E-state index contributed by atoms with van der Waals surface area (Å²) >= 11 is 16.5. The molecule has 0 unspecified atom stereocenters. The molecule has 0 saturated carbocycles. The van der Waals surface area contributed by atoms with Gasteiger partial charge in [0.1, 0.15) is 0 Å². The summed E-state index contributed by atoms with van der Waals surface area (Å²) in [7, 11) is 0. The maximum Gasteiger partial charge on any atom is 0.365 e. The van der Waals surface area contributed by atoms with Gasteiger partial charge >= 0.3 is 6.00 Å². The maximum atomic E-state index is 5.49. The van der Waals surface area contributed by atoms with E-state index in [0.29, 0.717) is 0 Å². The Kier molecular flexibility index (Phi) is 4.17. The molecule has 0 spiro atoms. The summed E-state index contributed by atoms with van der Waals surface area (Å²) in [6.07, 6.45) is 2.81. The Balaban J connectivity index is 3.52. The van der Waals surface area contributed by atoms with Crippen LogP contribution in [0.5, 0.6) is 0 Å². The molecular weight excluding hydrogens is 182 g/mol. The summed E-state index contributed by atoms with van der Waals surface area (Å²) in [4.78, 5) is 0. The van der Waals surface area contributed by atoms with Crippen molar-refractivity contribution >= 4 is 39.2 Å². The van der Waals surface area contributed by atoms with Gasteiger partial charge in [0.2, 0.25) is 0 Å². The number of hydrogen-bond acceptors (Lipinski definition) is 0. The molecule has 0 aliphatic rings. The Morgan fingerprint density at radius 2 is 1.88 bits per heavy atom. The Morgan fingerprint density at radius 3 is 2.00 bits per heavy atom. The van der Waals surface area contributed by atoms with Crippen LogP contribution in [0.3, 0.4) is 0 Å². The Labute approximate surface area is 64.6 Å². The van der Waals surface area contributed by atoms with Crippen LogP contribution in [0.1, 0.15) is 13.3 Å². The maximum absolute atomic E-state index is 5.49. The summed E-state index contributed by atoms with van der Waals surface area (Å²) in [5.74, 6) is 0. The third-order valence-corrected chi connectivity index (χ3v) is 2.29. The molecular formula is C4H7Cl3Si. The minimum atomic E-state index is -2.44. The first-order chi connectivity index (χ1) is 3.56. The van der Waals surface area contributed by atoms with Gasteiger partial charge in [-0.05, 0) is 6.42 Å². The van der Waals surface area contributed by atoms with Gasteiger partial charge in [0.25, 0.3) is 0 Å². The average molecular weight is 190 g/mol. The predicted octanol–water partition coefficient (Wildman–Crippen LogP) is 3.15. The monoisotopic (exact) mass is 188 g/mol. The molecule has 4 heteroatoms. The average Bonchev–Trinajstić information content (AvgIpc) is 1.59. The number of allylic oxidation sites excluding steroid dienone is 1. The molecule has 0 radical (unpaired) electrons. The second-order valence-electron chi connectivity index (χ2n) is 1.35. The van der Waals surface area contributed by atoms with E-state index in [4.69, 9.17) is 33.2 Å². The molecule has 0 saturated heterocycles. The molecule has 0 aromatic heterocycles. The van der Waals surface area contributed by atoms with Crippen molar-refractivity contribution in [2.75, 3.05) is 0 Å². The van der Waals surface area contributed by atoms with Crippen molar-refractivity contribution in [3.63, 3.8) is 0 Å². The number of halogens is 3. The molecule has 48 valence electrons. The van der Waals surface area contributed by atoms with Gasteiger partial charge in [0, 0.05) is 0 Å². The summed E-state index contributed by atoms with van der Waals surface area (Å²) in [6, 6.07) is -2.44. The molecule has 0 N–H and O–H groups in total. The predicted molar refractivity (Wildman–Crippen MR) is 42.7 cm³/mol. The Bertz CT molecular complexity index is 83.8. The SMILES string of the molecule is CC/C=C/[Si](Cl)(Cl)Cl. The molecule has 0 rings (SSSR count). The van der Waals surface area contributed by atoms with Crippen LogP contribution in [0.2, 0.25) is 0 Å². The van der Waals surface area contributed by atoms with E-state index in [-0.39, 0.29) is 0 Å². The van der Waals surface area contributed by atoms with Crippen LogP contribution < -0.4 is 0 Å². The summed E-state index contributed by atoms with van der Waals surface area (Å²) in [5.41, 5.74) is 1.68. The lowest BCUT2D eigenvalue weighted by molar-refractivity contribution is 1.23. The molecule has 8 heavy (non-hydrogen) atoms. The second-order valence-corrected chi connectivity index (χ2v) is 9.88. The van der Waals surface area contributed by atoms with E-state index in [9.17, 15) is 0 Å². The van der Waals surface area contributed by atoms with Crippen molar-refractivity contribution in [2.24, 2.45) is 0 Å². The van der Waals surface area contributed by atoms with Gasteiger partial charge in [-0.2, -0.15) is 0 Å². The van der Waals surface area contributed by atoms with Crippen LogP contribution in [0, 0.1) is 0 Å². The highest BCUT2D eigenvalue weighted by molar-refractivity contribution is 7.66. The lowest BCUT2D eigenvalue weighted by Crippen LogP contribution is -2.02. The molecule has 0 nitrogen and oxygen atoms in total. The van der Waals surface area contributed by atoms with Crippen molar-refractivity contribution in [1.82, 2.24) is 0 Å². The van der Waals surface area contributed by atoms with E-state index in [2.05, 4.69) is 0 Å². The Hall–Kier alpha value is 0.827. The molecule has 0 aromatic rings. The molecule has 0 atom stereocenters. The van der Waals surface area contributed by atoms with E-state index >= 15 is 0 Å². The van der Waals surface area contributed by atoms with E-state index in [1.807, 2.05) is 13.0 Å². The molecule has 0 aliphatic heterocycles. The van der Waals surface area contributed by atoms with Crippen molar-refractivity contribution in [2.45, 2.75) is 13.3 Å². The minimum Gasteiger partial charge on any atom is -0.121 e. The first kappa shape index (κ1) is 8.83. The highest BCUT2D eigenvalue weighted by Gasteiger charge is 2.18. The second kappa shape index (κ2) is 3.78. The zero-order valence-corrected chi connectivity index (χ0v) is 7.76. The van der Waals surface area contributed by atoms with Crippen LogP contribution in [0.4, 0.5) is 0 Å². The normalized spacial score (nSPS) is 13.0. The Morgan fingerprint density at radius 1 is 1.38 bits per heavy atom. The number of rotatable bonds is 2. The summed E-state index contributed by atoms with van der Waals surface area (Å²) < 4.78 is 0. The van der Waals surface area contributed by atoms with Gasteiger partial charge in [-0.3, -0.25) is 0 Å². The van der Waals surface area contributed by atoms with Crippen LogP contribution >= 0.6 is 33.2 Å². The van der Waals surface area contributed by atoms with Crippen LogP contribution in [-0.2, 0) is 0 Å². The fourth-order valence-corrected chi connectivity index (χ4v) is 1.56. The molecule has 0 bridgehead atoms. The minimum absolute atomic E-state index is 0.931. The van der Waals surface area contributed by atoms with Gasteiger partial charge in [-0.1, -0.05) is 18.7 Å². The van der Waals surface area contributed by atoms with Crippen molar-refractivity contribution in [3.8, 4) is 0 Å². The smallest absolute Gasteiger partial charge is 0.121 e. The quantitative estimate of drug-likeness (QED) is 0.462. The van der Waals surface area contributed by atoms with E-state index < -0.39 is 6.00 Å². The summed E-state index contributed by atoms with van der Waals surface area (Å²) in [5, 5.41) is 0.